The number of nitrogens with one attached hydrogen (secondary N) is 1. The minimum Gasteiger partial charge on any atom is -0.464 e. The summed E-state index contributed by atoms with van der Waals surface area (Å²) in [7, 11) is 0. The molecule has 16 heavy (non-hydrogen) atoms. The SMILES string of the molecule is CSCc1ccc(CNCC(O)C(C)C)o1. The zero-order chi connectivity index (χ0) is 12.0. The molecule has 0 radical (unpaired) electrons. The van der Waals surface area contributed by atoms with E-state index in [2.05, 4.69) is 11.6 Å². The van der Waals surface area contributed by atoms with Crippen LogP contribution in [0.1, 0.15) is 25.4 Å². The Labute approximate surface area is 102 Å². The van der Waals surface area contributed by atoms with Gasteiger partial charge in [-0.15, -0.1) is 0 Å². The van der Waals surface area contributed by atoms with Gasteiger partial charge < -0.3 is 14.8 Å². The highest BCUT2D eigenvalue weighted by Crippen LogP contribution is 2.13. The van der Waals surface area contributed by atoms with Crippen LogP contribution in [-0.2, 0) is 12.3 Å². The normalized spacial score (nSPS) is 13.3. The van der Waals surface area contributed by atoms with E-state index in [9.17, 15) is 5.11 Å². The van der Waals surface area contributed by atoms with Gasteiger partial charge in [0.15, 0.2) is 0 Å². The van der Waals surface area contributed by atoms with Crippen molar-refractivity contribution in [3.8, 4) is 0 Å². The average molecular weight is 243 g/mol. The molecule has 3 nitrogen and oxygen atoms in total. The van der Waals surface area contributed by atoms with Gasteiger partial charge in [-0.25, -0.2) is 0 Å². The summed E-state index contributed by atoms with van der Waals surface area (Å²) in [6, 6.07) is 3.99. The van der Waals surface area contributed by atoms with Gasteiger partial charge in [-0.05, 0) is 24.3 Å². The van der Waals surface area contributed by atoms with Gasteiger partial charge in [0.05, 0.1) is 18.4 Å². The summed E-state index contributed by atoms with van der Waals surface area (Å²) in [5, 5.41) is 12.8. The lowest BCUT2D eigenvalue weighted by Gasteiger charge is -2.14. The number of rotatable bonds is 7. The Bertz CT molecular complexity index is 299. The van der Waals surface area contributed by atoms with E-state index in [1.807, 2.05) is 26.0 Å². The number of hydrogen-bond donors (Lipinski definition) is 2. The van der Waals surface area contributed by atoms with Crippen LogP contribution in [0, 0.1) is 5.92 Å². The molecule has 1 aromatic heterocycles. The second kappa shape index (κ2) is 6.99. The van der Waals surface area contributed by atoms with Gasteiger partial charge in [0, 0.05) is 6.54 Å². The topological polar surface area (TPSA) is 45.4 Å². The first kappa shape index (κ1) is 13.6. The van der Waals surface area contributed by atoms with E-state index in [-0.39, 0.29) is 12.0 Å². The van der Waals surface area contributed by atoms with E-state index in [0.717, 1.165) is 17.3 Å². The van der Waals surface area contributed by atoms with Gasteiger partial charge in [-0.1, -0.05) is 13.8 Å². The zero-order valence-electron chi connectivity index (χ0n) is 10.2. The number of thioether (sulfide) groups is 1. The van der Waals surface area contributed by atoms with Crippen LogP contribution in [0.5, 0.6) is 0 Å². The van der Waals surface area contributed by atoms with Gasteiger partial charge in [-0.3, -0.25) is 0 Å². The molecule has 0 fully saturated rings. The van der Waals surface area contributed by atoms with Crippen LogP contribution in [-0.4, -0.2) is 24.0 Å². The second-order valence-corrected chi connectivity index (χ2v) is 5.11. The molecule has 0 saturated heterocycles. The molecule has 0 saturated carbocycles. The third-order valence-electron chi connectivity index (χ3n) is 2.43. The van der Waals surface area contributed by atoms with Crippen LogP contribution < -0.4 is 5.32 Å². The lowest BCUT2D eigenvalue weighted by Crippen LogP contribution is -2.30. The second-order valence-electron chi connectivity index (χ2n) is 4.24. The molecule has 0 aliphatic rings. The van der Waals surface area contributed by atoms with Crippen LogP contribution in [0.15, 0.2) is 16.5 Å². The van der Waals surface area contributed by atoms with Crippen molar-refractivity contribution < 1.29 is 9.52 Å². The van der Waals surface area contributed by atoms with E-state index < -0.39 is 0 Å². The number of furan rings is 1. The van der Waals surface area contributed by atoms with Crippen LogP contribution >= 0.6 is 11.8 Å². The van der Waals surface area contributed by atoms with Crippen molar-refractivity contribution in [1.29, 1.82) is 0 Å². The van der Waals surface area contributed by atoms with Crippen molar-refractivity contribution in [2.24, 2.45) is 5.92 Å². The Balaban J connectivity index is 2.26. The highest BCUT2D eigenvalue weighted by molar-refractivity contribution is 7.97. The predicted octanol–water partition coefficient (Wildman–Crippen LogP) is 2.25. The predicted molar refractivity (Wildman–Crippen MR) is 68.5 cm³/mol. The van der Waals surface area contributed by atoms with Crippen molar-refractivity contribution in [2.75, 3.05) is 12.8 Å². The monoisotopic (exact) mass is 243 g/mol. The molecule has 0 amide bonds. The van der Waals surface area contributed by atoms with Gasteiger partial charge in [0.2, 0.25) is 0 Å². The molecule has 0 aromatic carbocycles. The first-order chi connectivity index (χ1) is 7.63. The Morgan fingerprint density at radius 3 is 2.69 bits per heavy atom. The van der Waals surface area contributed by atoms with E-state index in [1.165, 1.54) is 0 Å². The fraction of sp³-hybridized carbons (Fsp3) is 0.667. The van der Waals surface area contributed by atoms with Crippen LogP contribution in [0.2, 0.25) is 0 Å². The van der Waals surface area contributed by atoms with Crippen molar-refractivity contribution in [3.63, 3.8) is 0 Å². The quantitative estimate of drug-likeness (QED) is 0.771. The molecule has 1 aromatic rings. The Morgan fingerprint density at radius 2 is 2.06 bits per heavy atom. The van der Waals surface area contributed by atoms with Crippen LogP contribution in [0.3, 0.4) is 0 Å². The maximum Gasteiger partial charge on any atom is 0.118 e. The maximum atomic E-state index is 9.60. The smallest absolute Gasteiger partial charge is 0.118 e. The van der Waals surface area contributed by atoms with E-state index in [0.29, 0.717) is 13.1 Å². The minimum absolute atomic E-state index is 0.288. The van der Waals surface area contributed by atoms with Crippen LogP contribution in [0.4, 0.5) is 0 Å². The van der Waals surface area contributed by atoms with E-state index >= 15 is 0 Å². The summed E-state index contributed by atoms with van der Waals surface area (Å²) < 4.78 is 5.60. The molecule has 0 bridgehead atoms. The number of aliphatic hydroxyl groups is 1. The molecule has 1 rings (SSSR count). The van der Waals surface area contributed by atoms with Crippen molar-refractivity contribution in [3.05, 3.63) is 23.7 Å². The molecule has 1 atom stereocenters. The zero-order valence-corrected chi connectivity index (χ0v) is 11.0. The summed E-state index contributed by atoms with van der Waals surface area (Å²) in [6.07, 6.45) is 1.76. The first-order valence-corrected chi connectivity index (χ1v) is 6.98. The molecular weight excluding hydrogens is 222 g/mol. The van der Waals surface area contributed by atoms with Crippen molar-refractivity contribution >= 4 is 11.8 Å². The minimum atomic E-state index is -0.291. The standard InChI is InChI=1S/C12H21NO2S/c1-9(2)12(14)7-13-6-10-4-5-11(15-10)8-16-3/h4-5,9,12-14H,6-8H2,1-3H3. The maximum absolute atomic E-state index is 9.60. The van der Waals surface area contributed by atoms with Gasteiger partial charge in [-0.2, -0.15) is 11.8 Å². The molecule has 1 heterocycles. The fourth-order valence-electron chi connectivity index (χ4n) is 1.32. The summed E-state index contributed by atoms with van der Waals surface area (Å²) in [5.74, 6) is 3.14. The third kappa shape index (κ3) is 4.60. The molecule has 2 N–H and O–H groups in total. The van der Waals surface area contributed by atoms with E-state index in [4.69, 9.17) is 4.42 Å². The van der Waals surface area contributed by atoms with Gasteiger partial charge >= 0.3 is 0 Å². The van der Waals surface area contributed by atoms with Gasteiger partial charge in [0.1, 0.15) is 11.5 Å². The first-order valence-electron chi connectivity index (χ1n) is 5.58. The Kier molecular flexibility index (Phi) is 5.95. The molecule has 0 spiro atoms. The van der Waals surface area contributed by atoms with Crippen molar-refractivity contribution in [2.45, 2.75) is 32.2 Å². The molecule has 4 heteroatoms. The summed E-state index contributed by atoms with van der Waals surface area (Å²) in [6.45, 7) is 5.31. The summed E-state index contributed by atoms with van der Waals surface area (Å²) in [5.41, 5.74) is 0. The number of aliphatic hydroxyl groups excluding tert-OH is 1. The summed E-state index contributed by atoms with van der Waals surface area (Å²) >= 11 is 1.75. The largest absolute Gasteiger partial charge is 0.464 e. The molecule has 0 aliphatic carbocycles. The lowest BCUT2D eigenvalue weighted by molar-refractivity contribution is 0.122. The van der Waals surface area contributed by atoms with Crippen molar-refractivity contribution in [1.82, 2.24) is 5.32 Å². The third-order valence-corrected chi connectivity index (χ3v) is 3.00. The molecule has 0 aliphatic heterocycles. The van der Waals surface area contributed by atoms with Gasteiger partial charge in [0.25, 0.3) is 0 Å². The fourth-order valence-corrected chi connectivity index (χ4v) is 1.76. The highest BCUT2D eigenvalue weighted by atomic mass is 32.2. The number of hydrogen-bond acceptors (Lipinski definition) is 4. The summed E-state index contributed by atoms with van der Waals surface area (Å²) in [4.78, 5) is 0. The Morgan fingerprint density at radius 1 is 1.38 bits per heavy atom. The van der Waals surface area contributed by atoms with E-state index in [1.54, 1.807) is 11.8 Å². The average Bonchev–Trinajstić information content (AvgIpc) is 2.66. The lowest BCUT2D eigenvalue weighted by atomic mass is 10.1. The van der Waals surface area contributed by atoms with Crippen LogP contribution in [0.25, 0.3) is 0 Å². The molecule has 92 valence electrons. The Hall–Kier alpha value is -0.450. The highest BCUT2D eigenvalue weighted by Gasteiger charge is 2.08. The molecular formula is C12H21NO2S. The molecule has 1 unspecified atom stereocenters.